The summed E-state index contributed by atoms with van der Waals surface area (Å²) in [6, 6.07) is 7.88. The van der Waals surface area contributed by atoms with Gasteiger partial charge in [-0.2, -0.15) is 0 Å². The molecule has 0 bridgehead atoms. The second-order valence-corrected chi connectivity index (χ2v) is 9.06. The number of hydrogen-bond donors (Lipinski definition) is 1. The van der Waals surface area contributed by atoms with Gasteiger partial charge in [0.1, 0.15) is 17.1 Å². The SMILES string of the molecule is Cn1c(=O)c2[nH]c(Cc3ccc(OCCCN4CCC5(CC4)OCCO5)cc3)nc2n(C)c1=O. The van der Waals surface area contributed by atoms with Crippen molar-refractivity contribution in [2.75, 3.05) is 39.5 Å². The molecule has 2 aromatic heterocycles. The first kappa shape index (κ1) is 22.8. The van der Waals surface area contributed by atoms with Crippen LogP contribution >= 0.6 is 0 Å². The molecule has 5 rings (SSSR count). The third-order valence-electron chi connectivity index (χ3n) is 6.76. The minimum Gasteiger partial charge on any atom is -0.494 e. The number of nitrogens with one attached hydrogen (secondary N) is 1. The molecule has 0 radical (unpaired) electrons. The number of likely N-dealkylation sites (tertiary alicyclic amines) is 1. The molecule has 3 aromatic rings. The van der Waals surface area contributed by atoms with Gasteiger partial charge in [0, 0.05) is 53.0 Å². The largest absolute Gasteiger partial charge is 0.494 e. The monoisotopic (exact) mass is 469 g/mol. The van der Waals surface area contributed by atoms with Gasteiger partial charge in [-0.15, -0.1) is 0 Å². The van der Waals surface area contributed by atoms with Gasteiger partial charge in [-0.3, -0.25) is 13.9 Å². The van der Waals surface area contributed by atoms with Crippen LogP contribution in [-0.4, -0.2) is 69.2 Å². The first-order valence-electron chi connectivity index (χ1n) is 11.8. The van der Waals surface area contributed by atoms with E-state index in [1.165, 1.54) is 11.6 Å². The van der Waals surface area contributed by atoms with Crippen molar-refractivity contribution in [1.29, 1.82) is 0 Å². The number of rotatable bonds is 7. The summed E-state index contributed by atoms with van der Waals surface area (Å²) in [5.41, 5.74) is 0.983. The van der Waals surface area contributed by atoms with Gasteiger partial charge in [0.2, 0.25) is 0 Å². The van der Waals surface area contributed by atoms with Crippen LogP contribution in [-0.2, 0) is 30.0 Å². The molecule has 1 spiro atoms. The number of aryl methyl sites for hydroxylation is 1. The maximum absolute atomic E-state index is 12.3. The van der Waals surface area contributed by atoms with Crippen molar-refractivity contribution in [3.63, 3.8) is 0 Å². The summed E-state index contributed by atoms with van der Waals surface area (Å²) in [5, 5.41) is 0. The molecule has 2 fully saturated rings. The van der Waals surface area contributed by atoms with Gasteiger partial charge >= 0.3 is 5.69 Å². The predicted octanol–water partition coefficient (Wildman–Crippen LogP) is 1.16. The van der Waals surface area contributed by atoms with E-state index >= 15 is 0 Å². The van der Waals surface area contributed by atoms with Gasteiger partial charge in [-0.25, -0.2) is 9.78 Å². The third-order valence-corrected chi connectivity index (χ3v) is 6.76. The van der Waals surface area contributed by atoms with Gasteiger partial charge in [-0.1, -0.05) is 12.1 Å². The predicted molar refractivity (Wildman–Crippen MR) is 126 cm³/mol. The maximum atomic E-state index is 12.3. The minimum atomic E-state index is -0.391. The van der Waals surface area contributed by atoms with Crippen molar-refractivity contribution in [2.45, 2.75) is 31.5 Å². The molecule has 2 aliphatic heterocycles. The van der Waals surface area contributed by atoms with Crippen LogP contribution in [0.2, 0.25) is 0 Å². The summed E-state index contributed by atoms with van der Waals surface area (Å²) < 4.78 is 20.0. The lowest BCUT2D eigenvalue weighted by molar-refractivity contribution is -0.185. The highest BCUT2D eigenvalue weighted by Crippen LogP contribution is 2.31. The highest BCUT2D eigenvalue weighted by Gasteiger charge is 2.39. The molecule has 10 heteroatoms. The second kappa shape index (κ2) is 9.36. The van der Waals surface area contributed by atoms with Crippen molar-refractivity contribution in [3.05, 3.63) is 56.5 Å². The molecule has 34 heavy (non-hydrogen) atoms. The molecule has 1 aromatic carbocycles. The van der Waals surface area contributed by atoms with Crippen molar-refractivity contribution in [1.82, 2.24) is 24.0 Å². The normalized spacial score (nSPS) is 18.2. The zero-order chi connectivity index (χ0) is 23.7. The highest BCUT2D eigenvalue weighted by atomic mass is 16.7. The van der Waals surface area contributed by atoms with Crippen LogP contribution in [0, 0.1) is 0 Å². The van der Waals surface area contributed by atoms with Crippen molar-refractivity contribution < 1.29 is 14.2 Å². The average molecular weight is 470 g/mol. The molecule has 0 saturated carbocycles. The van der Waals surface area contributed by atoms with Gasteiger partial charge in [-0.05, 0) is 24.1 Å². The Hall–Kier alpha value is -2.95. The van der Waals surface area contributed by atoms with E-state index in [0.717, 1.165) is 54.8 Å². The van der Waals surface area contributed by atoms with Crippen molar-refractivity contribution >= 4 is 11.2 Å². The summed E-state index contributed by atoms with van der Waals surface area (Å²) in [6.45, 7) is 5.09. The van der Waals surface area contributed by atoms with E-state index in [2.05, 4.69) is 14.9 Å². The molecule has 10 nitrogen and oxygen atoms in total. The topological polar surface area (TPSA) is 104 Å². The van der Waals surface area contributed by atoms with Crippen molar-refractivity contribution in [2.24, 2.45) is 14.1 Å². The molecule has 0 atom stereocenters. The Balaban J connectivity index is 1.11. The van der Waals surface area contributed by atoms with Crippen LogP contribution in [0.1, 0.15) is 30.7 Å². The Labute approximate surface area is 197 Å². The smallest absolute Gasteiger partial charge is 0.332 e. The van der Waals surface area contributed by atoms with Crippen LogP contribution in [0.5, 0.6) is 5.75 Å². The van der Waals surface area contributed by atoms with Crippen molar-refractivity contribution in [3.8, 4) is 5.75 Å². The number of fused-ring (bicyclic) bond motifs is 1. The van der Waals surface area contributed by atoms with Gasteiger partial charge in [0.15, 0.2) is 11.4 Å². The van der Waals surface area contributed by atoms with Gasteiger partial charge < -0.3 is 24.1 Å². The molecule has 4 heterocycles. The second-order valence-electron chi connectivity index (χ2n) is 9.06. The van der Waals surface area contributed by atoms with E-state index in [0.29, 0.717) is 43.2 Å². The molecule has 0 unspecified atom stereocenters. The first-order chi connectivity index (χ1) is 16.4. The first-order valence-corrected chi connectivity index (χ1v) is 11.8. The van der Waals surface area contributed by atoms with Crippen LogP contribution in [0.3, 0.4) is 0 Å². The molecule has 0 amide bonds. The fourth-order valence-electron chi connectivity index (χ4n) is 4.74. The standard InChI is InChI=1S/C24H31N5O5/c1-27-21-20(22(30)28(2)23(27)31)25-19(26-21)16-17-4-6-18(7-5-17)32-13-3-10-29-11-8-24(9-12-29)33-14-15-34-24/h4-7H,3,8-16H2,1-2H3,(H,25,26). The van der Waals surface area contributed by atoms with Crippen LogP contribution in [0.15, 0.2) is 33.9 Å². The number of ether oxygens (including phenoxy) is 3. The van der Waals surface area contributed by atoms with E-state index in [9.17, 15) is 9.59 Å². The molecular weight excluding hydrogens is 438 g/mol. The zero-order valence-electron chi connectivity index (χ0n) is 19.7. The quantitative estimate of drug-likeness (QED) is 0.518. The highest BCUT2D eigenvalue weighted by molar-refractivity contribution is 5.69. The zero-order valence-corrected chi connectivity index (χ0v) is 19.7. The summed E-state index contributed by atoms with van der Waals surface area (Å²) in [4.78, 5) is 34.4. The Morgan fingerprint density at radius 1 is 1.06 bits per heavy atom. The van der Waals surface area contributed by atoms with Gasteiger partial charge in [0.05, 0.1) is 19.8 Å². The number of aromatic nitrogens is 4. The van der Waals surface area contributed by atoms with Crippen LogP contribution < -0.4 is 16.0 Å². The molecule has 2 aliphatic rings. The molecule has 0 aliphatic carbocycles. The fourth-order valence-corrected chi connectivity index (χ4v) is 4.74. The summed E-state index contributed by atoms with van der Waals surface area (Å²) >= 11 is 0. The van der Waals surface area contributed by atoms with E-state index in [4.69, 9.17) is 14.2 Å². The fraction of sp³-hybridized carbons (Fsp3) is 0.542. The number of hydrogen-bond acceptors (Lipinski definition) is 7. The molecule has 2 saturated heterocycles. The molecule has 182 valence electrons. The Morgan fingerprint density at radius 3 is 2.47 bits per heavy atom. The number of H-pyrrole nitrogens is 1. The van der Waals surface area contributed by atoms with E-state index in [1.807, 2.05) is 24.3 Å². The third kappa shape index (κ3) is 4.53. The molecule has 1 N–H and O–H groups in total. The van der Waals surface area contributed by atoms with E-state index in [1.54, 1.807) is 7.05 Å². The lowest BCUT2D eigenvalue weighted by Crippen LogP contribution is -2.45. The lowest BCUT2D eigenvalue weighted by Gasteiger charge is -2.37. The number of imidazole rings is 1. The number of aromatic amines is 1. The number of nitrogens with zero attached hydrogens (tertiary/aromatic N) is 4. The summed E-state index contributed by atoms with van der Waals surface area (Å²) in [6.07, 6.45) is 3.36. The Morgan fingerprint density at radius 2 is 1.76 bits per heavy atom. The summed E-state index contributed by atoms with van der Waals surface area (Å²) in [5.74, 6) is 1.15. The minimum absolute atomic E-state index is 0.317. The lowest BCUT2D eigenvalue weighted by atomic mass is 10.0. The van der Waals surface area contributed by atoms with Crippen LogP contribution in [0.4, 0.5) is 0 Å². The van der Waals surface area contributed by atoms with E-state index in [-0.39, 0.29) is 11.3 Å². The number of benzene rings is 1. The van der Waals surface area contributed by atoms with Gasteiger partial charge in [0.25, 0.3) is 5.56 Å². The maximum Gasteiger partial charge on any atom is 0.332 e. The average Bonchev–Trinajstić information content (AvgIpc) is 3.49. The van der Waals surface area contributed by atoms with E-state index < -0.39 is 5.69 Å². The molecular formula is C24H31N5O5. The Kier molecular flexibility index (Phi) is 6.28. The number of piperidine rings is 1. The Bertz CT molecular complexity index is 1260. The van der Waals surface area contributed by atoms with Crippen LogP contribution in [0.25, 0.3) is 11.2 Å². The summed E-state index contributed by atoms with van der Waals surface area (Å²) in [7, 11) is 3.08.